The molecule has 178 valence electrons. The van der Waals surface area contributed by atoms with E-state index in [1.54, 1.807) is 12.1 Å². The number of thiophene rings is 1. The molecule has 1 aliphatic heterocycles. The maximum atomic E-state index is 12.8. The minimum atomic E-state index is -4.24. The minimum Gasteiger partial charge on any atom is -0.367 e. The molecule has 1 aliphatic rings. The van der Waals surface area contributed by atoms with Gasteiger partial charge in [-0.1, -0.05) is 6.07 Å². The molecule has 0 atom stereocenters. The molecule has 2 N–H and O–H groups in total. The average Bonchev–Trinajstić information content (AvgIpc) is 3.18. The van der Waals surface area contributed by atoms with E-state index in [0.717, 1.165) is 54.7 Å². The summed E-state index contributed by atoms with van der Waals surface area (Å²) >= 11 is 1.07. The Morgan fingerprint density at radius 2 is 1.94 bits per heavy atom. The highest BCUT2D eigenvalue weighted by Crippen LogP contribution is 2.33. The lowest BCUT2D eigenvalue weighted by Crippen LogP contribution is -2.39. The van der Waals surface area contributed by atoms with Crippen molar-refractivity contribution < 1.29 is 13.2 Å². The second-order valence-corrected chi connectivity index (χ2v) is 9.89. The number of likely N-dealkylation sites (tertiary alicyclic amines) is 1. The summed E-state index contributed by atoms with van der Waals surface area (Å²) in [5.74, 6) is 0.604. The van der Waals surface area contributed by atoms with Crippen LogP contribution in [0.5, 0.6) is 0 Å². The Labute approximate surface area is 197 Å². The quantitative estimate of drug-likeness (QED) is 0.413. The number of nitrogens with one attached hydrogen (secondary N) is 2. The molecule has 4 aromatic rings. The number of halogens is 3. The summed E-state index contributed by atoms with van der Waals surface area (Å²) in [7, 11) is 0. The van der Waals surface area contributed by atoms with Gasteiger partial charge in [0, 0.05) is 47.5 Å². The van der Waals surface area contributed by atoms with Gasteiger partial charge in [-0.15, -0.1) is 11.3 Å². The molecule has 1 fully saturated rings. The van der Waals surface area contributed by atoms with Gasteiger partial charge in [0.05, 0.1) is 11.8 Å². The van der Waals surface area contributed by atoms with Gasteiger partial charge < -0.3 is 10.3 Å². The molecule has 0 aliphatic carbocycles. The van der Waals surface area contributed by atoms with E-state index < -0.39 is 12.6 Å². The largest absolute Gasteiger partial charge is 0.393 e. The molecule has 5 rings (SSSR count). The molecule has 1 saturated heterocycles. The number of hydrogen-bond donors (Lipinski definition) is 2. The highest BCUT2D eigenvalue weighted by molar-refractivity contribution is 7.18. The summed E-state index contributed by atoms with van der Waals surface area (Å²) < 4.78 is 38.4. The summed E-state index contributed by atoms with van der Waals surface area (Å²) in [4.78, 5) is 26.1. The van der Waals surface area contributed by atoms with Crippen molar-refractivity contribution in [1.29, 1.82) is 0 Å². The lowest BCUT2D eigenvalue weighted by Gasteiger charge is -2.33. The van der Waals surface area contributed by atoms with E-state index in [4.69, 9.17) is 0 Å². The van der Waals surface area contributed by atoms with Crippen molar-refractivity contribution >= 4 is 38.3 Å². The van der Waals surface area contributed by atoms with E-state index in [1.807, 2.05) is 12.1 Å². The van der Waals surface area contributed by atoms with Crippen LogP contribution in [0.2, 0.25) is 0 Å². The van der Waals surface area contributed by atoms with Gasteiger partial charge in [0.25, 0.3) is 0 Å². The van der Waals surface area contributed by atoms with Crippen molar-refractivity contribution in [2.75, 3.05) is 18.4 Å². The normalized spacial score (nSPS) is 15.9. The maximum absolute atomic E-state index is 12.8. The number of benzene rings is 1. The monoisotopic (exact) mass is 487 g/mol. The predicted octanol–water partition coefficient (Wildman–Crippen LogP) is 5.02. The van der Waals surface area contributed by atoms with Crippen molar-refractivity contribution in [3.8, 4) is 0 Å². The van der Waals surface area contributed by atoms with Crippen molar-refractivity contribution in [2.45, 2.75) is 44.9 Å². The number of aromatic amines is 1. The van der Waals surface area contributed by atoms with Crippen molar-refractivity contribution in [2.24, 2.45) is 0 Å². The molecule has 0 amide bonds. The van der Waals surface area contributed by atoms with Gasteiger partial charge >= 0.3 is 6.18 Å². The molecule has 0 radical (unpaired) electrons. The Kier molecular flexibility index (Phi) is 6.03. The molecular weight excluding hydrogens is 463 g/mol. The number of alkyl halides is 3. The van der Waals surface area contributed by atoms with Gasteiger partial charge in [0.2, 0.25) is 5.56 Å². The van der Waals surface area contributed by atoms with E-state index in [2.05, 4.69) is 38.2 Å². The van der Waals surface area contributed by atoms with Gasteiger partial charge in [-0.25, -0.2) is 9.97 Å². The van der Waals surface area contributed by atoms with Crippen LogP contribution in [-0.2, 0) is 13.0 Å². The van der Waals surface area contributed by atoms with E-state index in [-0.39, 0.29) is 16.5 Å². The summed E-state index contributed by atoms with van der Waals surface area (Å²) in [6, 6.07) is 9.21. The lowest BCUT2D eigenvalue weighted by molar-refractivity contribution is -0.126. The van der Waals surface area contributed by atoms with Gasteiger partial charge in [-0.2, -0.15) is 13.2 Å². The molecule has 0 bridgehead atoms. The van der Waals surface area contributed by atoms with Gasteiger partial charge in [0.1, 0.15) is 17.0 Å². The number of anilines is 1. The van der Waals surface area contributed by atoms with E-state index >= 15 is 0 Å². The van der Waals surface area contributed by atoms with Crippen LogP contribution < -0.4 is 10.9 Å². The zero-order valence-corrected chi connectivity index (χ0v) is 19.4. The first-order valence-electron chi connectivity index (χ1n) is 11.2. The third-order valence-electron chi connectivity index (χ3n) is 6.36. The lowest BCUT2D eigenvalue weighted by atomic mass is 10.0. The second kappa shape index (κ2) is 8.99. The van der Waals surface area contributed by atoms with Crippen LogP contribution in [0.4, 0.5) is 19.0 Å². The topological polar surface area (TPSA) is 73.9 Å². The van der Waals surface area contributed by atoms with Crippen LogP contribution in [0, 0.1) is 6.92 Å². The van der Waals surface area contributed by atoms with Crippen molar-refractivity contribution in [1.82, 2.24) is 19.9 Å². The molecule has 34 heavy (non-hydrogen) atoms. The molecule has 10 heteroatoms. The van der Waals surface area contributed by atoms with Gasteiger partial charge in [-0.05, 0) is 49.1 Å². The van der Waals surface area contributed by atoms with E-state index in [1.165, 1.54) is 17.5 Å². The first kappa shape index (κ1) is 22.8. The number of aromatic nitrogens is 3. The third-order valence-corrected chi connectivity index (χ3v) is 7.41. The SMILES string of the molecule is Cc1c(CN2CCC(Nc3ncnc4sc(CC(F)(F)F)cc34)CC2)ccc2[nH]c(=O)ccc12. The summed E-state index contributed by atoms with van der Waals surface area (Å²) in [6.45, 7) is 4.71. The van der Waals surface area contributed by atoms with E-state index in [9.17, 15) is 18.0 Å². The molecular formula is C24H24F3N5OS. The number of H-pyrrole nitrogens is 1. The average molecular weight is 488 g/mol. The molecule has 6 nitrogen and oxygen atoms in total. The van der Waals surface area contributed by atoms with E-state index in [0.29, 0.717) is 16.0 Å². The van der Waals surface area contributed by atoms with Crippen molar-refractivity contribution in [3.63, 3.8) is 0 Å². The molecule has 1 aromatic carbocycles. The Bertz CT molecular complexity index is 1390. The minimum absolute atomic E-state index is 0.103. The second-order valence-electron chi connectivity index (χ2n) is 8.77. The molecule has 0 saturated carbocycles. The van der Waals surface area contributed by atoms with Crippen molar-refractivity contribution in [3.05, 3.63) is 63.0 Å². The smallest absolute Gasteiger partial charge is 0.367 e. The number of rotatable bonds is 5. The van der Waals surface area contributed by atoms with Crippen LogP contribution in [0.3, 0.4) is 0 Å². The highest BCUT2D eigenvalue weighted by Gasteiger charge is 2.29. The fourth-order valence-corrected chi connectivity index (χ4v) is 5.60. The molecule has 0 unspecified atom stereocenters. The van der Waals surface area contributed by atoms with Crippen LogP contribution in [0.1, 0.15) is 28.8 Å². The van der Waals surface area contributed by atoms with Crippen LogP contribution in [-0.4, -0.2) is 45.2 Å². The Hall–Kier alpha value is -2.98. The first-order valence-corrected chi connectivity index (χ1v) is 12.0. The van der Waals surface area contributed by atoms with Crippen LogP contribution >= 0.6 is 11.3 Å². The zero-order chi connectivity index (χ0) is 23.9. The Balaban J connectivity index is 1.23. The first-order chi connectivity index (χ1) is 16.2. The summed E-state index contributed by atoms with van der Waals surface area (Å²) in [6.07, 6.45) is -1.97. The predicted molar refractivity (Wildman–Crippen MR) is 128 cm³/mol. The zero-order valence-electron chi connectivity index (χ0n) is 18.6. The fraction of sp³-hybridized carbons (Fsp3) is 0.375. The van der Waals surface area contributed by atoms with Gasteiger partial charge in [-0.3, -0.25) is 9.69 Å². The maximum Gasteiger partial charge on any atom is 0.393 e. The standard InChI is InChI=1S/C24H24F3N5OS/c1-14-15(2-4-20-18(14)3-5-21(33)31-20)12-32-8-6-16(7-9-32)30-22-19-10-17(11-24(25,26)27)34-23(19)29-13-28-22/h2-5,10,13,16H,6-9,11-12H2,1H3,(H,31,33)(H,28,29,30). The Morgan fingerprint density at radius 3 is 2.71 bits per heavy atom. The third kappa shape index (κ3) is 4.92. The van der Waals surface area contributed by atoms with Crippen LogP contribution in [0.25, 0.3) is 21.1 Å². The number of piperidine rings is 1. The number of hydrogen-bond acceptors (Lipinski definition) is 6. The Morgan fingerprint density at radius 1 is 1.15 bits per heavy atom. The molecule has 4 heterocycles. The molecule has 3 aromatic heterocycles. The summed E-state index contributed by atoms with van der Waals surface area (Å²) in [5.41, 5.74) is 3.15. The highest BCUT2D eigenvalue weighted by atomic mass is 32.1. The fourth-order valence-electron chi connectivity index (χ4n) is 4.58. The van der Waals surface area contributed by atoms with Crippen LogP contribution in [0.15, 0.2) is 41.5 Å². The number of aryl methyl sites for hydroxylation is 1. The van der Waals surface area contributed by atoms with Gasteiger partial charge in [0.15, 0.2) is 0 Å². The number of fused-ring (bicyclic) bond motifs is 2. The molecule has 0 spiro atoms. The number of nitrogens with zero attached hydrogens (tertiary/aromatic N) is 3. The summed E-state index contributed by atoms with van der Waals surface area (Å²) in [5, 5.41) is 5.15. The number of pyridine rings is 1.